The molecule has 0 bridgehead atoms. The van der Waals surface area contributed by atoms with Crippen molar-refractivity contribution in [3.63, 3.8) is 0 Å². The Morgan fingerprint density at radius 1 is 1.09 bits per heavy atom. The van der Waals surface area contributed by atoms with Crippen LogP contribution in [-0.4, -0.2) is 22.7 Å². The van der Waals surface area contributed by atoms with E-state index in [-0.39, 0.29) is 0 Å². The molecule has 1 aromatic heterocycles. The maximum absolute atomic E-state index is 4.58. The molecular weight excluding hydrogens is 274 g/mol. The molecule has 0 spiro atoms. The molecule has 0 aliphatic carbocycles. The highest BCUT2D eigenvalue weighted by Crippen LogP contribution is 2.17. The van der Waals surface area contributed by atoms with E-state index in [2.05, 4.69) is 50.1 Å². The van der Waals surface area contributed by atoms with Crippen LogP contribution in [0.15, 0.2) is 65.4 Å². The molecule has 2 heterocycles. The number of rotatable bonds is 2. The van der Waals surface area contributed by atoms with Gasteiger partial charge in [-0.2, -0.15) is 5.10 Å². The van der Waals surface area contributed by atoms with Crippen molar-refractivity contribution in [2.24, 2.45) is 4.99 Å². The van der Waals surface area contributed by atoms with E-state index in [1.165, 1.54) is 0 Å². The van der Waals surface area contributed by atoms with Crippen molar-refractivity contribution in [2.75, 3.05) is 11.9 Å². The number of aromatic amines is 1. The number of benzene rings is 2. The van der Waals surface area contributed by atoms with Crippen LogP contribution in [-0.2, 0) is 0 Å². The first-order valence-electron chi connectivity index (χ1n) is 7.15. The predicted octanol–water partition coefficient (Wildman–Crippen LogP) is 2.98. The molecule has 5 heteroatoms. The topological polar surface area (TPSA) is 65.1 Å². The number of fused-ring (bicyclic) bond motifs is 1. The van der Waals surface area contributed by atoms with Crippen molar-refractivity contribution in [1.29, 1.82) is 0 Å². The minimum atomic E-state index is 0.718. The van der Waals surface area contributed by atoms with Crippen LogP contribution in [0.2, 0.25) is 0 Å². The Kier molecular flexibility index (Phi) is 3.08. The second-order valence-corrected chi connectivity index (χ2v) is 5.16. The molecule has 0 amide bonds. The third-order valence-electron chi connectivity index (χ3n) is 3.53. The van der Waals surface area contributed by atoms with E-state index in [0.717, 1.165) is 40.4 Å². The lowest BCUT2D eigenvalue weighted by atomic mass is 10.1. The van der Waals surface area contributed by atoms with Gasteiger partial charge in [-0.1, -0.05) is 30.3 Å². The van der Waals surface area contributed by atoms with Crippen LogP contribution < -0.4 is 10.6 Å². The Morgan fingerprint density at radius 3 is 2.91 bits per heavy atom. The minimum Gasteiger partial charge on any atom is -0.350 e. The summed E-state index contributed by atoms with van der Waals surface area (Å²) >= 11 is 0. The summed E-state index contributed by atoms with van der Waals surface area (Å²) in [6.07, 6.45) is 3.90. The smallest absolute Gasteiger partial charge is 0.201 e. The first-order chi connectivity index (χ1) is 10.9. The Hall–Kier alpha value is -3.08. The maximum Gasteiger partial charge on any atom is 0.201 e. The molecule has 5 nitrogen and oxygen atoms in total. The summed E-state index contributed by atoms with van der Waals surface area (Å²) in [5, 5.41) is 14.7. The number of aliphatic imine (C=N–C) groups is 1. The molecule has 0 saturated carbocycles. The Balaban J connectivity index is 1.55. The second-order valence-electron chi connectivity index (χ2n) is 5.16. The van der Waals surface area contributed by atoms with E-state index >= 15 is 0 Å². The lowest BCUT2D eigenvalue weighted by Crippen LogP contribution is -2.25. The highest BCUT2D eigenvalue weighted by atomic mass is 15.2. The summed E-state index contributed by atoms with van der Waals surface area (Å²) in [5.74, 6) is 0.778. The highest BCUT2D eigenvalue weighted by Gasteiger charge is 2.10. The average molecular weight is 289 g/mol. The van der Waals surface area contributed by atoms with Crippen molar-refractivity contribution in [3.8, 4) is 0 Å². The Labute approximate surface area is 127 Å². The van der Waals surface area contributed by atoms with Crippen molar-refractivity contribution in [3.05, 3.63) is 66.0 Å². The average Bonchev–Trinajstić information content (AvgIpc) is 3.17. The fraction of sp³-hybridized carbons (Fsp3) is 0.0588. The second kappa shape index (κ2) is 5.37. The fourth-order valence-corrected chi connectivity index (χ4v) is 2.45. The molecule has 3 aromatic rings. The number of hydrogen-bond donors (Lipinski definition) is 3. The SMILES string of the molecule is C(=C1\CNC(Nc2ccccc2)=N1)/c1ccc2cn[nH]c2c1. The van der Waals surface area contributed by atoms with Crippen molar-refractivity contribution < 1.29 is 0 Å². The monoisotopic (exact) mass is 289 g/mol. The lowest BCUT2D eigenvalue weighted by molar-refractivity contribution is 1.05. The molecule has 22 heavy (non-hydrogen) atoms. The molecule has 0 atom stereocenters. The lowest BCUT2D eigenvalue weighted by Gasteiger charge is -2.04. The largest absolute Gasteiger partial charge is 0.350 e. The zero-order chi connectivity index (χ0) is 14.8. The number of nitrogens with zero attached hydrogens (tertiary/aromatic N) is 2. The zero-order valence-electron chi connectivity index (χ0n) is 11.9. The third kappa shape index (κ3) is 2.56. The van der Waals surface area contributed by atoms with Crippen LogP contribution in [0.1, 0.15) is 5.56 Å². The van der Waals surface area contributed by atoms with Gasteiger partial charge in [-0.25, -0.2) is 4.99 Å². The summed E-state index contributed by atoms with van der Waals surface area (Å²) in [4.78, 5) is 4.58. The maximum atomic E-state index is 4.58. The zero-order valence-corrected chi connectivity index (χ0v) is 11.9. The van der Waals surface area contributed by atoms with Gasteiger partial charge in [-0.05, 0) is 29.8 Å². The summed E-state index contributed by atoms with van der Waals surface area (Å²) < 4.78 is 0. The molecule has 3 N–H and O–H groups in total. The molecule has 1 aliphatic rings. The summed E-state index contributed by atoms with van der Waals surface area (Å²) in [6, 6.07) is 16.2. The van der Waals surface area contributed by atoms with E-state index in [0.29, 0.717) is 0 Å². The van der Waals surface area contributed by atoms with Crippen LogP contribution in [0.4, 0.5) is 5.69 Å². The molecule has 2 aromatic carbocycles. The van der Waals surface area contributed by atoms with E-state index in [1.807, 2.05) is 36.5 Å². The minimum absolute atomic E-state index is 0.718. The van der Waals surface area contributed by atoms with Gasteiger partial charge in [0.05, 0.1) is 24.0 Å². The van der Waals surface area contributed by atoms with Gasteiger partial charge in [0.15, 0.2) is 0 Å². The molecule has 0 radical (unpaired) electrons. The first kappa shape index (κ1) is 12.6. The summed E-state index contributed by atoms with van der Waals surface area (Å²) in [5.41, 5.74) is 4.16. The van der Waals surface area contributed by atoms with Crippen LogP contribution in [0.25, 0.3) is 17.0 Å². The van der Waals surface area contributed by atoms with Crippen molar-refractivity contribution in [1.82, 2.24) is 15.5 Å². The number of anilines is 1. The number of aromatic nitrogens is 2. The fourth-order valence-electron chi connectivity index (χ4n) is 2.45. The van der Waals surface area contributed by atoms with Crippen molar-refractivity contribution >= 4 is 28.6 Å². The molecule has 0 unspecified atom stereocenters. The van der Waals surface area contributed by atoms with E-state index in [4.69, 9.17) is 0 Å². The quantitative estimate of drug-likeness (QED) is 0.679. The molecule has 1 aliphatic heterocycles. The number of H-pyrrole nitrogens is 1. The van der Waals surface area contributed by atoms with Gasteiger partial charge in [0.2, 0.25) is 5.96 Å². The predicted molar refractivity (Wildman–Crippen MR) is 89.6 cm³/mol. The van der Waals surface area contributed by atoms with Gasteiger partial charge < -0.3 is 10.6 Å². The number of para-hydroxylation sites is 1. The number of guanidine groups is 1. The van der Waals surface area contributed by atoms with Crippen LogP contribution in [0.5, 0.6) is 0 Å². The summed E-state index contributed by atoms with van der Waals surface area (Å²) in [7, 11) is 0. The molecule has 0 saturated heterocycles. The van der Waals surface area contributed by atoms with Crippen LogP contribution in [0.3, 0.4) is 0 Å². The van der Waals surface area contributed by atoms with E-state index in [9.17, 15) is 0 Å². The van der Waals surface area contributed by atoms with E-state index < -0.39 is 0 Å². The van der Waals surface area contributed by atoms with Gasteiger partial charge in [-0.15, -0.1) is 0 Å². The third-order valence-corrected chi connectivity index (χ3v) is 3.53. The van der Waals surface area contributed by atoms with Crippen LogP contribution in [0, 0.1) is 0 Å². The van der Waals surface area contributed by atoms with E-state index in [1.54, 1.807) is 0 Å². The Bertz CT molecular complexity index is 861. The van der Waals surface area contributed by atoms with Gasteiger partial charge in [-0.3, -0.25) is 5.10 Å². The number of nitrogens with one attached hydrogen (secondary N) is 3. The molecule has 108 valence electrons. The van der Waals surface area contributed by atoms with Crippen LogP contribution >= 0.6 is 0 Å². The first-order valence-corrected chi connectivity index (χ1v) is 7.15. The number of hydrogen-bond acceptors (Lipinski definition) is 4. The standard InChI is InChI=1S/C17H15N5/c1-2-4-14(5-3-1)20-17-18-11-15(21-17)8-12-6-7-13-10-19-22-16(13)9-12/h1-10H,11H2,(H,19,22)(H2,18,20,21)/b15-8-. The van der Waals surface area contributed by atoms with Gasteiger partial charge in [0, 0.05) is 11.1 Å². The van der Waals surface area contributed by atoms with Gasteiger partial charge >= 0.3 is 0 Å². The van der Waals surface area contributed by atoms with Crippen molar-refractivity contribution in [2.45, 2.75) is 0 Å². The highest BCUT2D eigenvalue weighted by molar-refractivity contribution is 5.96. The summed E-state index contributed by atoms with van der Waals surface area (Å²) in [6.45, 7) is 0.718. The molecule has 0 fully saturated rings. The molecular formula is C17H15N5. The van der Waals surface area contributed by atoms with Gasteiger partial charge in [0.25, 0.3) is 0 Å². The van der Waals surface area contributed by atoms with Gasteiger partial charge in [0.1, 0.15) is 0 Å². The molecule has 4 rings (SSSR count). The normalized spacial score (nSPS) is 15.8. The Morgan fingerprint density at radius 2 is 2.00 bits per heavy atom.